The van der Waals surface area contributed by atoms with Gasteiger partial charge in [-0.2, -0.15) is 4.72 Å². The fourth-order valence-corrected chi connectivity index (χ4v) is 6.68. The number of carbonyl (C=O) groups is 2. The Morgan fingerprint density at radius 1 is 1.08 bits per heavy atom. The normalized spacial score (nSPS) is 16.2. The molecule has 1 aliphatic rings. The van der Waals surface area contributed by atoms with Crippen LogP contribution >= 0.6 is 0 Å². The van der Waals surface area contributed by atoms with Gasteiger partial charge in [0.1, 0.15) is 10.9 Å². The minimum Gasteiger partial charge on any atom is -0.370 e. The van der Waals surface area contributed by atoms with E-state index in [-0.39, 0.29) is 16.7 Å². The Hall–Kier alpha value is -2.95. The van der Waals surface area contributed by atoms with Gasteiger partial charge in [0, 0.05) is 18.8 Å². The van der Waals surface area contributed by atoms with Crippen molar-refractivity contribution >= 4 is 33.2 Å². The molecule has 2 aromatic rings. The number of rotatable bonds is 13. The highest BCUT2D eigenvalue weighted by molar-refractivity contribution is 7.89. The molecule has 0 aromatic heterocycles. The number of amides is 2. The van der Waals surface area contributed by atoms with Gasteiger partial charge in [-0.1, -0.05) is 57.5 Å². The van der Waals surface area contributed by atoms with E-state index >= 15 is 0 Å². The third kappa shape index (κ3) is 8.27. The molecule has 0 aliphatic carbocycles. The standard InChI is InChI=1S/C29H43N5O4S/c1-5-9-24(31-4)29(36)32-23-12-13-25(26(19-23)39(37,38)33-27(20(2)3)28(30)35)34-16-14-22(15-17-34)18-21-10-7-6-8-11-21/h6-8,10-13,19-20,22,24,27,31,33H,5,9,14-18H2,1-4H3,(H2,30,35)(H,32,36). The van der Waals surface area contributed by atoms with E-state index in [0.29, 0.717) is 36.8 Å². The van der Waals surface area contributed by atoms with Gasteiger partial charge in [0.05, 0.1) is 11.7 Å². The van der Waals surface area contributed by atoms with Gasteiger partial charge in [-0.3, -0.25) is 9.59 Å². The zero-order valence-corrected chi connectivity index (χ0v) is 24.3. The van der Waals surface area contributed by atoms with E-state index in [1.165, 1.54) is 11.6 Å². The molecule has 0 spiro atoms. The fourth-order valence-electron chi connectivity index (χ4n) is 5.07. The van der Waals surface area contributed by atoms with E-state index in [0.717, 1.165) is 25.7 Å². The Morgan fingerprint density at radius 3 is 2.31 bits per heavy atom. The average molecular weight is 558 g/mol. The molecular weight excluding hydrogens is 514 g/mol. The van der Waals surface area contributed by atoms with E-state index < -0.39 is 28.0 Å². The summed E-state index contributed by atoms with van der Waals surface area (Å²) in [7, 11) is -2.42. The molecule has 1 heterocycles. The topological polar surface area (TPSA) is 134 Å². The minimum absolute atomic E-state index is 0.0187. The molecule has 1 saturated heterocycles. The lowest BCUT2D eigenvalue weighted by Gasteiger charge is -2.35. The quantitative estimate of drug-likeness (QED) is 0.299. The molecule has 5 N–H and O–H groups in total. The van der Waals surface area contributed by atoms with E-state index in [1.54, 1.807) is 33.0 Å². The van der Waals surface area contributed by atoms with E-state index in [1.807, 2.05) is 25.1 Å². The van der Waals surface area contributed by atoms with Crippen molar-refractivity contribution in [3.63, 3.8) is 0 Å². The third-order valence-corrected chi connectivity index (χ3v) is 8.81. The van der Waals surface area contributed by atoms with Gasteiger partial charge < -0.3 is 21.3 Å². The van der Waals surface area contributed by atoms with Gasteiger partial charge in [0.2, 0.25) is 21.8 Å². The van der Waals surface area contributed by atoms with Gasteiger partial charge in [-0.25, -0.2) is 8.42 Å². The second-order valence-corrected chi connectivity index (χ2v) is 12.3. The van der Waals surface area contributed by atoms with Gasteiger partial charge in [0.25, 0.3) is 0 Å². The largest absolute Gasteiger partial charge is 0.370 e. The molecule has 2 unspecified atom stereocenters. The summed E-state index contributed by atoms with van der Waals surface area (Å²) in [6.45, 7) is 6.87. The number of primary amides is 1. The van der Waals surface area contributed by atoms with Crippen molar-refractivity contribution in [2.75, 3.05) is 30.4 Å². The summed E-state index contributed by atoms with van der Waals surface area (Å²) in [6.07, 6.45) is 4.32. The summed E-state index contributed by atoms with van der Waals surface area (Å²) in [4.78, 5) is 26.9. The number of likely N-dealkylation sites (N-methyl/N-ethyl adjacent to an activating group) is 1. The molecule has 39 heavy (non-hydrogen) atoms. The summed E-state index contributed by atoms with van der Waals surface area (Å²) in [5.41, 5.74) is 7.74. The maximum atomic E-state index is 13.7. The van der Waals surface area contributed by atoms with Crippen LogP contribution in [0.5, 0.6) is 0 Å². The van der Waals surface area contributed by atoms with Crippen LogP contribution in [0.1, 0.15) is 52.0 Å². The number of nitrogens with two attached hydrogens (primary N) is 1. The molecule has 0 radical (unpaired) electrons. The summed E-state index contributed by atoms with van der Waals surface area (Å²) >= 11 is 0. The van der Waals surface area contributed by atoms with Crippen LogP contribution in [0.25, 0.3) is 0 Å². The zero-order chi connectivity index (χ0) is 28.6. The number of benzene rings is 2. The maximum absolute atomic E-state index is 13.7. The molecule has 1 fully saturated rings. The van der Waals surface area contributed by atoms with Crippen LogP contribution in [0.15, 0.2) is 53.4 Å². The number of nitrogens with one attached hydrogen (secondary N) is 3. The summed E-state index contributed by atoms with van der Waals surface area (Å²) in [5, 5.41) is 5.85. The van der Waals surface area contributed by atoms with Crippen molar-refractivity contribution in [2.45, 2.75) is 69.9 Å². The van der Waals surface area contributed by atoms with Crippen molar-refractivity contribution < 1.29 is 18.0 Å². The fraction of sp³-hybridized carbons (Fsp3) is 0.517. The van der Waals surface area contributed by atoms with Crippen LogP contribution < -0.4 is 26.0 Å². The smallest absolute Gasteiger partial charge is 0.243 e. The molecule has 2 amide bonds. The lowest BCUT2D eigenvalue weighted by Crippen LogP contribution is -2.48. The predicted molar refractivity (Wildman–Crippen MR) is 156 cm³/mol. The van der Waals surface area contributed by atoms with Crippen LogP contribution in [0.3, 0.4) is 0 Å². The molecular formula is C29H43N5O4S. The van der Waals surface area contributed by atoms with Gasteiger partial charge in [0.15, 0.2) is 0 Å². The van der Waals surface area contributed by atoms with Crippen LogP contribution in [0, 0.1) is 11.8 Å². The van der Waals surface area contributed by atoms with Crippen molar-refractivity contribution in [1.82, 2.24) is 10.0 Å². The van der Waals surface area contributed by atoms with Crippen molar-refractivity contribution in [2.24, 2.45) is 17.6 Å². The van der Waals surface area contributed by atoms with E-state index in [2.05, 4.69) is 32.4 Å². The number of hydrogen-bond donors (Lipinski definition) is 4. The lowest BCUT2D eigenvalue weighted by molar-refractivity contribution is -0.120. The second kappa shape index (κ2) is 13.9. The highest BCUT2D eigenvalue weighted by atomic mass is 32.2. The summed E-state index contributed by atoms with van der Waals surface area (Å²) in [6, 6.07) is 13.9. The summed E-state index contributed by atoms with van der Waals surface area (Å²) in [5.74, 6) is -0.791. The molecule has 2 aromatic carbocycles. The highest BCUT2D eigenvalue weighted by Gasteiger charge is 2.31. The number of nitrogens with zero attached hydrogens (tertiary/aromatic N) is 1. The van der Waals surface area contributed by atoms with Crippen molar-refractivity contribution in [1.29, 1.82) is 0 Å². The Morgan fingerprint density at radius 2 is 1.74 bits per heavy atom. The monoisotopic (exact) mass is 557 g/mol. The first kappa shape index (κ1) is 30.6. The van der Waals surface area contributed by atoms with Crippen molar-refractivity contribution in [3.05, 3.63) is 54.1 Å². The molecule has 10 heteroatoms. The molecule has 0 saturated carbocycles. The molecule has 3 rings (SSSR count). The minimum atomic E-state index is -4.15. The van der Waals surface area contributed by atoms with Gasteiger partial charge >= 0.3 is 0 Å². The first-order chi connectivity index (χ1) is 18.6. The highest BCUT2D eigenvalue weighted by Crippen LogP contribution is 2.33. The molecule has 2 atom stereocenters. The first-order valence-corrected chi connectivity index (χ1v) is 15.3. The Balaban J connectivity index is 1.88. The molecule has 9 nitrogen and oxygen atoms in total. The maximum Gasteiger partial charge on any atom is 0.243 e. The molecule has 214 valence electrons. The Kier molecular flexibility index (Phi) is 10.9. The molecule has 0 bridgehead atoms. The third-order valence-electron chi connectivity index (χ3n) is 7.34. The van der Waals surface area contributed by atoms with Crippen LogP contribution in [-0.4, -0.2) is 52.5 Å². The number of carbonyl (C=O) groups excluding carboxylic acids is 2. The van der Waals surface area contributed by atoms with Gasteiger partial charge in [-0.15, -0.1) is 0 Å². The number of piperidine rings is 1. The van der Waals surface area contributed by atoms with E-state index in [4.69, 9.17) is 5.73 Å². The zero-order valence-electron chi connectivity index (χ0n) is 23.4. The first-order valence-electron chi connectivity index (χ1n) is 13.8. The predicted octanol–water partition coefficient (Wildman–Crippen LogP) is 3.26. The second-order valence-electron chi connectivity index (χ2n) is 10.7. The Labute approximate surface area is 233 Å². The Bertz CT molecular complexity index is 1210. The molecule has 1 aliphatic heterocycles. The van der Waals surface area contributed by atoms with Crippen molar-refractivity contribution in [3.8, 4) is 0 Å². The van der Waals surface area contributed by atoms with Crippen LogP contribution in [-0.2, 0) is 26.0 Å². The van der Waals surface area contributed by atoms with Crippen LogP contribution in [0.2, 0.25) is 0 Å². The SMILES string of the molecule is CCCC(NC)C(=O)Nc1ccc(N2CCC(Cc3ccccc3)CC2)c(S(=O)(=O)NC(C(N)=O)C(C)C)c1. The number of anilines is 2. The summed E-state index contributed by atoms with van der Waals surface area (Å²) < 4.78 is 29.9. The van der Waals surface area contributed by atoms with Gasteiger partial charge in [-0.05, 0) is 68.3 Å². The number of sulfonamides is 1. The van der Waals surface area contributed by atoms with E-state index in [9.17, 15) is 18.0 Å². The average Bonchev–Trinajstić information content (AvgIpc) is 2.91. The lowest BCUT2D eigenvalue weighted by atomic mass is 9.90. The van der Waals surface area contributed by atoms with Crippen LogP contribution in [0.4, 0.5) is 11.4 Å². The number of hydrogen-bond acceptors (Lipinski definition) is 6.